The molecular formula is C13H18BrN3O2. The molecule has 2 rings (SSSR count). The first-order valence-corrected chi connectivity index (χ1v) is 6.95. The molecule has 0 amide bonds. The van der Waals surface area contributed by atoms with Gasteiger partial charge in [-0.15, -0.1) is 0 Å². The lowest BCUT2D eigenvalue weighted by atomic mass is 10.1. The Kier molecular flexibility index (Phi) is 4.44. The van der Waals surface area contributed by atoms with Crippen LogP contribution in [0, 0.1) is 5.41 Å². The highest BCUT2D eigenvalue weighted by Gasteiger charge is 2.26. The van der Waals surface area contributed by atoms with Gasteiger partial charge < -0.3 is 20.5 Å². The zero-order valence-corrected chi connectivity index (χ0v) is 12.4. The summed E-state index contributed by atoms with van der Waals surface area (Å²) in [5.41, 5.74) is 7.25. The third-order valence-electron chi connectivity index (χ3n) is 3.12. The van der Waals surface area contributed by atoms with Crippen molar-refractivity contribution in [2.75, 3.05) is 24.6 Å². The van der Waals surface area contributed by atoms with Gasteiger partial charge in [-0.3, -0.25) is 5.41 Å². The molecule has 1 aromatic rings. The van der Waals surface area contributed by atoms with Gasteiger partial charge in [-0.05, 0) is 25.1 Å². The molecule has 1 heterocycles. The van der Waals surface area contributed by atoms with Crippen LogP contribution in [0.15, 0.2) is 22.7 Å². The second kappa shape index (κ2) is 5.90. The molecule has 4 N–H and O–H groups in total. The van der Waals surface area contributed by atoms with E-state index < -0.39 is 0 Å². The average molecular weight is 328 g/mol. The number of nitrogens with two attached hydrogens (primary N) is 1. The summed E-state index contributed by atoms with van der Waals surface area (Å²) < 4.78 is 6.52. The fourth-order valence-electron chi connectivity index (χ4n) is 2.34. The summed E-state index contributed by atoms with van der Waals surface area (Å²) in [7, 11) is 0. The zero-order valence-electron chi connectivity index (χ0n) is 10.8. The van der Waals surface area contributed by atoms with Gasteiger partial charge in [-0.25, -0.2) is 0 Å². The van der Waals surface area contributed by atoms with Crippen molar-refractivity contribution in [2.45, 2.75) is 19.1 Å². The number of nitrogens with one attached hydrogen (secondary N) is 1. The molecule has 6 heteroatoms. The van der Waals surface area contributed by atoms with Crippen LogP contribution in [-0.4, -0.2) is 42.8 Å². The minimum Gasteiger partial charge on any atom is -0.394 e. The number of aliphatic hydroxyl groups excluding tert-OH is 1. The van der Waals surface area contributed by atoms with Crippen molar-refractivity contribution >= 4 is 27.5 Å². The topological polar surface area (TPSA) is 82.6 Å². The van der Waals surface area contributed by atoms with E-state index in [4.69, 9.17) is 15.9 Å². The number of ether oxygens (including phenoxy) is 1. The molecule has 0 saturated carbocycles. The molecule has 104 valence electrons. The fourth-order valence-corrected chi connectivity index (χ4v) is 2.70. The molecule has 5 nitrogen and oxygen atoms in total. The highest BCUT2D eigenvalue weighted by Crippen LogP contribution is 2.27. The van der Waals surface area contributed by atoms with Crippen molar-refractivity contribution in [3.63, 3.8) is 0 Å². The zero-order chi connectivity index (χ0) is 14.0. The molecule has 1 aromatic carbocycles. The first kappa shape index (κ1) is 14.3. The van der Waals surface area contributed by atoms with Crippen molar-refractivity contribution in [1.29, 1.82) is 5.41 Å². The Balaban J connectivity index is 2.32. The Bertz CT molecular complexity index is 481. The first-order chi connectivity index (χ1) is 9.01. The van der Waals surface area contributed by atoms with Crippen LogP contribution >= 0.6 is 15.9 Å². The average Bonchev–Trinajstić information content (AvgIpc) is 2.37. The number of halogens is 1. The van der Waals surface area contributed by atoms with Gasteiger partial charge in [0, 0.05) is 28.8 Å². The number of morpholine rings is 1. The van der Waals surface area contributed by atoms with E-state index in [-0.39, 0.29) is 24.7 Å². The normalized spacial score (nSPS) is 23.4. The molecule has 0 bridgehead atoms. The summed E-state index contributed by atoms with van der Waals surface area (Å²) in [5.74, 6) is 0.0380. The van der Waals surface area contributed by atoms with Gasteiger partial charge in [-0.2, -0.15) is 0 Å². The molecule has 0 aliphatic carbocycles. The second-order valence-electron chi connectivity index (χ2n) is 4.73. The number of aliphatic hydroxyl groups is 1. The minimum atomic E-state index is -0.202. The molecule has 1 saturated heterocycles. The Hall–Kier alpha value is -1.11. The molecule has 2 unspecified atom stereocenters. The van der Waals surface area contributed by atoms with Crippen molar-refractivity contribution < 1.29 is 9.84 Å². The Morgan fingerprint density at radius 2 is 2.32 bits per heavy atom. The van der Waals surface area contributed by atoms with Crippen LogP contribution in [0.4, 0.5) is 5.69 Å². The Labute approximate surface area is 121 Å². The Morgan fingerprint density at radius 1 is 1.58 bits per heavy atom. The number of nitrogen functional groups attached to an aromatic ring is 1. The van der Waals surface area contributed by atoms with Gasteiger partial charge in [0.15, 0.2) is 0 Å². The summed E-state index contributed by atoms with van der Waals surface area (Å²) >= 11 is 3.39. The molecule has 2 atom stereocenters. The molecule has 0 radical (unpaired) electrons. The van der Waals surface area contributed by atoms with Crippen molar-refractivity contribution in [3.8, 4) is 0 Å². The van der Waals surface area contributed by atoms with E-state index in [0.29, 0.717) is 12.1 Å². The highest BCUT2D eigenvalue weighted by atomic mass is 79.9. The predicted molar refractivity (Wildman–Crippen MR) is 78.8 cm³/mol. The maximum atomic E-state index is 9.27. The van der Waals surface area contributed by atoms with E-state index in [9.17, 15) is 5.11 Å². The van der Waals surface area contributed by atoms with Crippen LogP contribution in [0.2, 0.25) is 0 Å². The van der Waals surface area contributed by atoms with Gasteiger partial charge in [-0.1, -0.05) is 15.9 Å². The number of hydrogen-bond acceptors (Lipinski definition) is 4. The Morgan fingerprint density at radius 3 is 2.95 bits per heavy atom. The van der Waals surface area contributed by atoms with Crippen LogP contribution in [0.3, 0.4) is 0 Å². The van der Waals surface area contributed by atoms with E-state index in [2.05, 4.69) is 20.8 Å². The maximum Gasteiger partial charge on any atom is 0.124 e. The number of rotatable bonds is 3. The molecule has 1 fully saturated rings. The van der Waals surface area contributed by atoms with E-state index in [0.717, 1.165) is 16.7 Å². The van der Waals surface area contributed by atoms with E-state index in [1.807, 2.05) is 25.1 Å². The van der Waals surface area contributed by atoms with E-state index >= 15 is 0 Å². The predicted octanol–water partition coefficient (Wildman–Crippen LogP) is 1.32. The second-order valence-corrected chi connectivity index (χ2v) is 5.65. The SMILES string of the molecule is CC1CN(c2ccc(Br)cc2C(=N)N)CC(CO)O1. The van der Waals surface area contributed by atoms with Crippen LogP contribution in [0.25, 0.3) is 0 Å². The molecular weight excluding hydrogens is 310 g/mol. The van der Waals surface area contributed by atoms with Crippen LogP contribution < -0.4 is 10.6 Å². The van der Waals surface area contributed by atoms with Crippen LogP contribution in [-0.2, 0) is 4.74 Å². The van der Waals surface area contributed by atoms with Gasteiger partial charge in [0.2, 0.25) is 0 Å². The van der Waals surface area contributed by atoms with Gasteiger partial charge in [0.25, 0.3) is 0 Å². The number of benzene rings is 1. The van der Waals surface area contributed by atoms with Gasteiger partial charge >= 0.3 is 0 Å². The molecule has 0 aromatic heterocycles. The molecule has 0 spiro atoms. The number of hydrogen-bond donors (Lipinski definition) is 3. The summed E-state index contributed by atoms with van der Waals surface area (Å²) in [6.07, 6.45) is -0.165. The monoisotopic (exact) mass is 327 g/mol. The largest absolute Gasteiger partial charge is 0.394 e. The smallest absolute Gasteiger partial charge is 0.124 e. The van der Waals surface area contributed by atoms with Crippen molar-refractivity contribution in [2.24, 2.45) is 5.73 Å². The summed E-state index contributed by atoms with van der Waals surface area (Å²) in [6, 6.07) is 5.70. The lowest BCUT2D eigenvalue weighted by Gasteiger charge is -2.38. The third-order valence-corrected chi connectivity index (χ3v) is 3.61. The standard InChI is InChI=1S/C13H18BrN3O2/c1-8-5-17(6-10(7-18)19-8)12-3-2-9(14)4-11(12)13(15)16/h2-4,8,10,18H,5-7H2,1H3,(H3,15,16). The van der Waals surface area contributed by atoms with Gasteiger partial charge in [0.05, 0.1) is 18.8 Å². The number of nitrogens with zero attached hydrogens (tertiary/aromatic N) is 1. The number of anilines is 1. The summed E-state index contributed by atoms with van der Waals surface area (Å²) in [5, 5.41) is 17.0. The lowest BCUT2D eigenvalue weighted by molar-refractivity contribution is -0.0421. The lowest BCUT2D eigenvalue weighted by Crippen LogP contribution is -2.48. The number of amidine groups is 1. The van der Waals surface area contributed by atoms with Crippen LogP contribution in [0.1, 0.15) is 12.5 Å². The van der Waals surface area contributed by atoms with Crippen molar-refractivity contribution in [3.05, 3.63) is 28.2 Å². The minimum absolute atomic E-state index is 0.00717. The van der Waals surface area contributed by atoms with Crippen molar-refractivity contribution in [1.82, 2.24) is 0 Å². The summed E-state index contributed by atoms with van der Waals surface area (Å²) in [4.78, 5) is 2.11. The van der Waals surface area contributed by atoms with E-state index in [1.165, 1.54) is 0 Å². The molecule has 19 heavy (non-hydrogen) atoms. The fraction of sp³-hybridized carbons (Fsp3) is 0.462. The van der Waals surface area contributed by atoms with E-state index in [1.54, 1.807) is 0 Å². The summed E-state index contributed by atoms with van der Waals surface area (Å²) in [6.45, 7) is 3.29. The third kappa shape index (κ3) is 3.26. The molecule has 1 aliphatic rings. The first-order valence-electron chi connectivity index (χ1n) is 6.16. The molecule has 1 aliphatic heterocycles. The maximum absolute atomic E-state index is 9.27. The quantitative estimate of drug-likeness (QED) is 0.577. The van der Waals surface area contributed by atoms with Gasteiger partial charge in [0.1, 0.15) is 5.84 Å². The van der Waals surface area contributed by atoms with Crippen LogP contribution in [0.5, 0.6) is 0 Å². The highest BCUT2D eigenvalue weighted by molar-refractivity contribution is 9.10.